The highest BCUT2D eigenvalue weighted by Crippen LogP contribution is 2.27. The van der Waals surface area contributed by atoms with E-state index in [0.717, 1.165) is 35.6 Å². The predicted molar refractivity (Wildman–Crippen MR) is 156 cm³/mol. The van der Waals surface area contributed by atoms with Gasteiger partial charge in [-0.05, 0) is 103 Å². The molecule has 2 N–H and O–H groups in total. The van der Waals surface area contributed by atoms with Crippen molar-refractivity contribution in [2.75, 3.05) is 23.5 Å². The SMILES string of the molecule is Cc1c2c(n(-c3ccc(C(=O)O)cc3)c(=O)/c1=C\c1ccc3c(c1)CCCN3C)=NN(c1ccc(C(=O)O)cc1)C2=O. The summed E-state index contributed by atoms with van der Waals surface area (Å²) >= 11 is 0. The van der Waals surface area contributed by atoms with E-state index in [2.05, 4.69) is 23.1 Å². The van der Waals surface area contributed by atoms with E-state index in [1.165, 1.54) is 58.7 Å². The molecule has 6 rings (SSSR count). The third kappa shape index (κ3) is 4.43. The zero-order valence-electron chi connectivity index (χ0n) is 22.9. The number of aromatic nitrogens is 1. The molecule has 3 aromatic carbocycles. The Balaban J connectivity index is 1.58. The Morgan fingerprint density at radius 2 is 1.50 bits per heavy atom. The minimum Gasteiger partial charge on any atom is -0.478 e. The minimum absolute atomic E-state index is 0.0505. The van der Waals surface area contributed by atoms with Crippen molar-refractivity contribution in [2.45, 2.75) is 19.8 Å². The van der Waals surface area contributed by atoms with Gasteiger partial charge in [0.25, 0.3) is 11.5 Å². The number of hydrogen-bond donors (Lipinski definition) is 2. The molecule has 42 heavy (non-hydrogen) atoms. The van der Waals surface area contributed by atoms with E-state index in [1.54, 1.807) is 13.0 Å². The molecule has 0 unspecified atom stereocenters. The second kappa shape index (κ2) is 10.2. The number of nitrogens with zero attached hydrogens (tertiary/aromatic N) is 4. The number of carboxylic acid groups (broad SMARTS) is 2. The molecule has 3 heterocycles. The monoisotopic (exact) mass is 562 g/mol. The van der Waals surface area contributed by atoms with Crippen LogP contribution in [0.5, 0.6) is 0 Å². The van der Waals surface area contributed by atoms with Crippen molar-refractivity contribution in [3.05, 3.63) is 121 Å². The van der Waals surface area contributed by atoms with Gasteiger partial charge in [-0.2, -0.15) is 5.01 Å². The first kappa shape index (κ1) is 26.7. The van der Waals surface area contributed by atoms with Crippen molar-refractivity contribution in [2.24, 2.45) is 5.10 Å². The van der Waals surface area contributed by atoms with Gasteiger partial charge in [0.15, 0.2) is 5.49 Å². The van der Waals surface area contributed by atoms with Crippen LogP contribution in [0.15, 0.2) is 76.6 Å². The molecule has 0 atom stereocenters. The van der Waals surface area contributed by atoms with Crippen molar-refractivity contribution in [1.29, 1.82) is 0 Å². The van der Waals surface area contributed by atoms with Gasteiger partial charge >= 0.3 is 11.9 Å². The molecular formula is C32H26N4O6. The van der Waals surface area contributed by atoms with Crippen LogP contribution in [0.2, 0.25) is 0 Å². The van der Waals surface area contributed by atoms with Crippen molar-refractivity contribution < 1.29 is 24.6 Å². The lowest BCUT2D eigenvalue weighted by Gasteiger charge is -2.27. The minimum atomic E-state index is -1.11. The number of benzene rings is 3. The van der Waals surface area contributed by atoms with Crippen LogP contribution in [0.1, 0.15) is 54.2 Å². The highest BCUT2D eigenvalue weighted by Gasteiger charge is 2.31. The van der Waals surface area contributed by atoms with Gasteiger partial charge < -0.3 is 15.1 Å². The van der Waals surface area contributed by atoms with Crippen LogP contribution in [-0.2, 0) is 6.42 Å². The maximum Gasteiger partial charge on any atom is 0.335 e. The highest BCUT2D eigenvalue weighted by atomic mass is 16.4. The van der Waals surface area contributed by atoms with Crippen LogP contribution in [0.4, 0.5) is 11.4 Å². The first-order chi connectivity index (χ1) is 20.1. The Morgan fingerprint density at radius 3 is 2.12 bits per heavy atom. The average Bonchev–Trinajstić information content (AvgIpc) is 3.32. The molecule has 4 aromatic rings. The number of carbonyl (C=O) groups is 3. The molecule has 2 aliphatic heterocycles. The van der Waals surface area contributed by atoms with Crippen LogP contribution < -0.4 is 26.2 Å². The second-order valence-corrected chi connectivity index (χ2v) is 10.4. The largest absolute Gasteiger partial charge is 0.478 e. The number of carboxylic acids is 2. The standard InChI is InChI=1S/C32H26N4O6/c1-18-25(17-19-5-14-26-22(16-19)4-3-15-34(26)2)29(37)35(23-10-6-20(7-11-23)31(39)40)28-27(18)30(38)36(33-28)24-12-8-21(9-13-24)32(41)42/h5-14,16-17H,3-4,15H2,1-2H3,(H,39,40)(H,41,42)/b25-17-. The molecule has 0 radical (unpaired) electrons. The summed E-state index contributed by atoms with van der Waals surface area (Å²) in [6, 6.07) is 17.5. The number of hydrogen-bond acceptors (Lipinski definition) is 6. The van der Waals surface area contributed by atoms with E-state index in [1.807, 2.05) is 12.1 Å². The van der Waals surface area contributed by atoms with Crippen molar-refractivity contribution in [3.63, 3.8) is 0 Å². The van der Waals surface area contributed by atoms with E-state index in [-0.39, 0.29) is 22.2 Å². The summed E-state index contributed by atoms with van der Waals surface area (Å²) in [5, 5.41) is 24.6. The topological polar surface area (TPSA) is 133 Å². The zero-order chi connectivity index (χ0) is 29.7. The number of amides is 1. The van der Waals surface area contributed by atoms with Gasteiger partial charge in [0.2, 0.25) is 0 Å². The summed E-state index contributed by atoms with van der Waals surface area (Å²) < 4.78 is 1.31. The summed E-state index contributed by atoms with van der Waals surface area (Å²) in [5.41, 5.74) is 4.33. The smallest absolute Gasteiger partial charge is 0.335 e. The first-order valence-electron chi connectivity index (χ1n) is 13.4. The maximum atomic E-state index is 14.1. The molecule has 0 saturated carbocycles. The molecule has 1 amide bonds. The molecule has 2 aliphatic rings. The van der Waals surface area contributed by atoms with Gasteiger partial charge in [0.05, 0.1) is 28.1 Å². The number of carbonyl (C=O) groups excluding carboxylic acids is 1. The quantitative estimate of drug-likeness (QED) is 0.382. The Bertz CT molecular complexity index is 1980. The Kier molecular flexibility index (Phi) is 6.45. The summed E-state index contributed by atoms with van der Waals surface area (Å²) in [6.07, 6.45) is 3.73. The summed E-state index contributed by atoms with van der Waals surface area (Å²) in [5.74, 6) is -2.67. The lowest BCUT2D eigenvalue weighted by Crippen LogP contribution is -2.45. The van der Waals surface area contributed by atoms with Gasteiger partial charge in [-0.3, -0.25) is 14.2 Å². The summed E-state index contributed by atoms with van der Waals surface area (Å²) in [6.45, 7) is 2.69. The lowest BCUT2D eigenvalue weighted by atomic mass is 9.98. The van der Waals surface area contributed by atoms with Crippen molar-refractivity contribution >= 4 is 35.3 Å². The normalized spacial score (nSPS) is 14.4. The molecule has 0 aliphatic carbocycles. The third-order valence-electron chi connectivity index (χ3n) is 7.75. The van der Waals surface area contributed by atoms with Crippen LogP contribution in [0.25, 0.3) is 11.8 Å². The molecule has 0 saturated heterocycles. The maximum absolute atomic E-state index is 14.1. The van der Waals surface area contributed by atoms with Gasteiger partial charge in [-0.1, -0.05) is 6.07 Å². The molecular weight excluding hydrogens is 536 g/mol. The molecule has 10 heteroatoms. The fourth-order valence-corrected chi connectivity index (χ4v) is 5.53. The number of rotatable bonds is 5. The molecule has 0 spiro atoms. The number of aryl methyl sites for hydroxylation is 1. The van der Waals surface area contributed by atoms with Crippen LogP contribution in [0.3, 0.4) is 0 Å². The van der Waals surface area contributed by atoms with Crippen molar-refractivity contribution in [3.8, 4) is 5.69 Å². The summed E-state index contributed by atoms with van der Waals surface area (Å²) in [4.78, 5) is 52.9. The van der Waals surface area contributed by atoms with E-state index < -0.39 is 23.4 Å². The molecule has 0 fully saturated rings. The molecule has 10 nitrogen and oxygen atoms in total. The number of aromatic carboxylic acids is 2. The van der Waals surface area contributed by atoms with E-state index in [0.29, 0.717) is 22.2 Å². The number of fused-ring (bicyclic) bond motifs is 2. The Labute approximate surface area is 239 Å². The molecule has 1 aromatic heterocycles. The third-order valence-corrected chi connectivity index (χ3v) is 7.75. The fraction of sp³-hybridized carbons (Fsp3) is 0.156. The predicted octanol–water partition coefficient (Wildman–Crippen LogP) is 2.95. The molecule has 210 valence electrons. The zero-order valence-corrected chi connectivity index (χ0v) is 22.9. The van der Waals surface area contributed by atoms with Gasteiger partial charge in [0.1, 0.15) is 0 Å². The average molecular weight is 563 g/mol. The van der Waals surface area contributed by atoms with Gasteiger partial charge in [-0.15, -0.1) is 5.10 Å². The van der Waals surface area contributed by atoms with E-state index >= 15 is 0 Å². The highest BCUT2D eigenvalue weighted by molar-refractivity contribution is 6.08. The first-order valence-corrected chi connectivity index (χ1v) is 13.4. The number of pyridine rings is 1. The van der Waals surface area contributed by atoms with Crippen molar-refractivity contribution in [1.82, 2.24) is 4.57 Å². The van der Waals surface area contributed by atoms with Crippen LogP contribution in [-0.4, -0.2) is 46.2 Å². The van der Waals surface area contributed by atoms with Crippen LogP contribution >= 0.6 is 0 Å². The lowest BCUT2D eigenvalue weighted by molar-refractivity contribution is 0.0686. The molecule has 0 bridgehead atoms. The van der Waals surface area contributed by atoms with E-state index in [4.69, 9.17) is 0 Å². The van der Waals surface area contributed by atoms with Gasteiger partial charge in [0, 0.05) is 24.5 Å². The Hall–Kier alpha value is -5.51. The fourth-order valence-electron chi connectivity index (χ4n) is 5.53. The Morgan fingerprint density at radius 1 is 0.881 bits per heavy atom. The summed E-state index contributed by atoms with van der Waals surface area (Å²) in [7, 11) is 2.05. The van der Waals surface area contributed by atoms with E-state index in [9.17, 15) is 29.4 Å². The second-order valence-electron chi connectivity index (χ2n) is 10.4. The number of anilines is 2. The van der Waals surface area contributed by atoms with Crippen LogP contribution in [0, 0.1) is 6.92 Å². The van der Waals surface area contributed by atoms with Gasteiger partial charge in [-0.25, -0.2) is 9.59 Å².